The quantitative estimate of drug-likeness (QED) is 0.189. The molecule has 0 bridgehead atoms. The molecule has 2 atom stereocenters. The van der Waals surface area contributed by atoms with E-state index in [4.69, 9.17) is 9.47 Å². The zero-order chi connectivity index (χ0) is 27.6. The van der Waals surface area contributed by atoms with Crippen LogP contribution in [0.4, 0.5) is 0 Å². The summed E-state index contributed by atoms with van der Waals surface area (Å²) < 4.78 is 11.9. The molecule has 7 heteroatoms. The molecule has 200 valence electrons. The molecule has 1 fully saturated rings. The number of rotatable bonds is 7. The van der Waals surface area contributed by atoms with Gasteiger partial charge in [-0.2, -0.15) is 0 Å². The van der Waals surface area contributed by atoms with Crippen molar-refractivity contribution in [3.05, 3.63) is 131 Å². The topological polar surface area (TPSA) is 89.0 Å². The lowest BCUT2D eigenvalue weighted by atomic mass is 9.94. The number of hydrogen-bond acceptors (Lipinski definition) is 6. The summed E-state index contributed by atoms with van der Waals surface area (Å²) in [6.45, 7) is 2.54. The summed E-state index contributed by atoms with van der Waals surface area (Å²) in [5.74, 6) is -0.241. The Morgan fingerprint density at radius 1 is 0.975 bits per heavy atom. The monoisotopic (exact) mass is 532 g/mol. The SMILES string of the molecule is C[C@@H]1Cc2cc(/C(O)=C3\C(=O)C(=O)N(Cc4ccncc4)[C@@H]3c3cccc(OCc4ccccc4)c3)ccc2O1. The number of benzene rings is 3. The summed E-state index contributed by atoms with van der Waals surface area (Å²) in [5, 5.41) is 11.5. The molecule has 1 N–H and O–H groups in total. The number of hydrogen-bond donors (Lipinski definition) is 1. The molecule has 1 amide bonds. The lowest BCUT2D eigenvalue weighted by Crippen LogP contribution is -2.29. The number of Topliss-reactive ketones (excluding diaryl/α,β-unsaturated/α-hetero) is 1. The van der Waals surface area contributed by atoms with Gasteiger partial charge in [-0.15, -0.1) is 0 Å². The third kappa shape index (κ3) is 4.94. The van der Waals surface area contributed by atoms with Gasteiger partial charge in [0.1, 0.15) is 30.0 Å². The van der Waals surface area contributed by atoms with Crippen molar-refractivity contribution in [1.29, 1.82) is 0 Å². The summed E-state index contributed by atoms with van der Waals surface area (Å²) >= 11 is 0. The molecule has 2 aliphatic heterocycles. The smallest absolute Gasteiger partial charge is 0.295 e. The van der Waals surface area contributed by atoms with Gasteiger partial charge < -0.3 is 19.5 Å². The first-order chi connectivity index (χ1) is 19.5. The molecule has 0 unspecified atom stereocenters. The molecule has 0 saturated carbocycles. The maximum absolute atomic E-state index is 13.5. The Kier molecular flexibility index (Phi) is 6.78. The molecule has 2 aliphatic rings. The summed E-state index contributed by atoms with van der Waals surface area (Å²) in [5.41, 5.74) is 3.98. The van der Waals surface area contributed by atoms with Gasteiger partial charge in [0, 0.05) is 30.9 Å². The van der Waals surface area contributed by atoms with E-state index in [2.05, 4.69) is 4.98 Å². The van der Waals surface area contributed by atoms with Crippen molar-refractivity contribution < 1.29 is 24.2 Å². The fourth-order valence-corrected chi connectivity index (χ4v) is 5.31. The van der Waals surface area contributed by atoms with Gasteiger partial charge in [0.05, 0.1) is 11.6 Å². The highest BCUT2D eigenvalue weighted by Crippen LogP contribution is 2.42. The van der Waals surface area contributed by atoms with Gasteiger partial charge >= 0.3 is 0 Å². The third-order valence-electron chi connectivity index (χ3n) is 7.23. The van der Waals surface area contributed by atoms with Crippen LogP contribution >= 0.6 is 0 Å². The number of fused-ring (bicyclic) bond motifs is 1. The predicted octanol–water partition coefficient (Wildman–Crippen LogP) is 5.61. The number of amides is 1. The normalized spacial score (nSPS) is 19.4. The first-order valence-corrected chi connectivity index (χ1v) is 13.2. The number of ketones is 1. The molecule has 7 nitrogen and oxygen atoms in total. The number of aliphatic hydroxyl groups is 1. The standard InChI is InChI=1S/C33H28N2O5/c1-21-16-26-17-25(10-11-28(26)40-21)31(36)29-30(35(33(38)32(29)37)19-22-12-14-34-15-13-22)24-8-5-9-27(18-24)39-20-23-6-3-2-4-7-23/h2-15,17-18,21,30,36H,16,19-20H2,1H3/b31-29+/t21-,30-/m1/s1. The zero-order valence-electron chi connectivity index (χ0n) is 22.0. The van der Waals surface area contributed by atoms with Gasteiger partial charge in [0.15, 0.2) is 0 Å². The Morgan fingerprint density at radius 3 is 2.58 bits per heavy atom. The van der Waals surface area contributed by atoms with E-state index in [1.54, 1.807) is 36.7 Å². The average Bonchev–Trinajstić information content (AvgIpc) is 3.48. The number of ether oxygens (including phenoxy) is 2. The van der Waals surface area contributed by atoms with Crippen molar-refractivity contribution in [1.82, 2.24) is 9.88 Å². The van der Waals surface area contributed by atoms with Crippen LogP contribution in [0.3, 0.4) is 0 Å². The largest absolute Gasteiger partial charge is 0.507 e. The molecular weight excluding hydrogens is 504 g/mol. The van der Waals surface area contributed by atoms with Crippen molar-refractivity contribution in [3.63, 3.8) is 0 Å². The maximum atomic E-state index is 13.5. The Balaban J connectivity index is 1.41. The lowest BCUT2D eigenvalue weighted by molar-refractivity contribution is -0.140. The Labute approximate surface area is 232 Å². The minimum absolute atomic E-state index is 0.0389. The Hall–Kier alpha value is -4.91. The lowest BCUT2D eigenvalue weighted by Gasteiger charge is -2.26. The van der Waals surface area contributed by atoms with Gasteiger partial charge in [-0.25, -0.2) is 0 Å². The molecule has 4 aromatic rings. The molecule has 0 aliphatic carbocycles. The number of carbonyl (C=O) groups is 2. The van der Waals surface area contributed by atoms with Crippen LogP contribution in [0.25, 0.3) is 5.76 Å². The van der Waals surface area contributed by atoms with Gasteiger partial charge in [0.2, 0.25) is 0 Å². The first-order valence-electron chi connectivity index (χ1n) is 13.2. The highest BCUT2D eigenvalue weighted by Gasteiger charge is 2.46. The summed E-state index contributed by atoms with van der Waals surface area (Å²) in [6.07, 6.45) is 4.04. The van der Waals surface area contributed by atoms with Crippen LogP contribution in [0, 0.1) is 0 Å². The third-order valence-corrected chi connectivity index (χ3v) is 7.23. The predicted molar refractivity (Wildman–Crippen MR) is 150 cm³/mol. The van der Waals surface area contributed by atoms with E-state index in [1.807, 2.05) is 67.6 Å². The van der Waals surface area contributed by atoms with E-state index >= 15 is 0 Å². The van der Waals surface area contributed by atoms with Crippen molar-refractivity contribution in [2.24, 2.45) is 0 Å². The van der Waals surface area contributed by atoms with E-state index in [1.165, 1.54) is 4.90 Å². The molecule has 1 aromatic heterocycles. The Morgan fingerprint density at radius 2 is 1.77 bits per heavy atom. The van der Waals surface area contributed by atoms with E-state index in [0.29, 0.717) is 29.9 Å². The van der Waals surface area contributed by atoms with Crippen LogP contribution in [-0.4, -0.2) is 32.8 Å². The Bertz CT molecular complexity index is 1600. The van der Waals surface area contributed by atoms with Crippen LogP contribution in [0.15, 0.2) is 103 Å². The number of nitrogens with zero attached hydrogens (tertiary/aromatic N) is 2. The molecule has 0 spiro atoms. The van der Waals surface area contributed by atoms with Crippen molar-refractivity contribution in [2.75, 3.05) is 0 Å². The molecule has 0 radical (unpaired) electrons. The highest BCUT2D eigenvalue weighted by molar-refractivity contribution is 6.46. The second-order valence-electron chi connectivity index (χ2n) is 10.1. The van der Waals surface area contributed by atoms with Gasteiger partial charge in [-0.1, -0.05) is 42.5 Å². The second kappa shape index (κ2) is 10.7. The van der Waals surface area contributed by atoms with Crippen LogP contribution in [0.5, 0.6) is 11.5 Å². The minimum atomic E-state index is -0.808. The molecular formula is C33H28N2O5. The summed E-state index contributed by atoms with van der Waals surface area (Å²) in [6, 6.07) is 25.3. The molecule has 3 aromatic carbocycles. The summed E-state index contributed by atoms with van der Waals surface area (Å²) in [4.78, 5) is 32.5. The fraction of sp³-hybridized carbons (Fsp3) is 0.182. The maximum Gasteiger partial charge on any atom is 0.295 e. The molecule has 1 saturated heterocycles. The van der Waals surface area contributed by atoms with Crippen molar-refractivity contribution >= 4 is 17.4 Å². The van der Waals surface area contributed by atoms with Crippen molar-refractivity contribution in [3.8, 4) is 11.5 Å². The fourth-order valence-electron chi connectivity index (χ4n) is 5.31. The molecule has 40 heavy (non-hydrogen) atoms. The first kappa shape index (κ1) is 25.4. The van der Waals surface area contributed by atoms with Crippen LogP contribution in [-0.2, 0) is 29.2 Å². The summed E-state index contributed by atoms with van der Waals surface area (Å²) in [7, 11) is 0. The number of likely N-dealkylation sites (tertiary alicyclic amines) is 1. The van der Waals surface area contributed by atoms with E-state index in [-0.39, 0.29) is 24.0 Å². The highest BCUT2D eigenvalue weighted by atomic mass is 16.5. The number of aliphatic hydroxyl groups excluding tert-OH is 1. The van der Waals surface area contributed by atoms with Crippen molar-refractivity contribution in [2.45, 2.75) is 38.6 Å². The van der Waals surface area contributed by atoms with E-state index in [0.717, 1.165) is 22.4 Å². The van der Waals surface area contributed by atoms with E-state index < -0.39 is 17.7 Å². The van der Waals surface area contributed by atoms with Crippen LogP contribution in [0.1, 0.15) is 40.8 Å². The van der Waals surface area contributed by atoms with Gasteiger partial charge in [-0.05, 0) is 71.6 Å². The minimum Gasteiger partial charge on any atom is -0.507 e. The number of aromatic nitrogens is 1. The van der Waals surface area contributed by atoms with Crippen LogP contribution in [0.2, 0.25) is 0 Å². The zero-order valence-corrected chi connectivity index (χ0v) is 22.0. The van der Waals surface area contributed by atoms with Crippen LogP contribution < -0.4 is 9.47 Å². The number of pyridine rings is 1. The van der Waals surface area contributed by atoms with E-state index in [9.17, 15) is 14.7 Å². The number of carbonyl (C=O) groups excluding carboxylic acids is 2. The average molecular weight is 533 g/mol. The van der Waals surface area contributed by atoms with Gasteiger partial charge in [-0.3, -0.25) is 14.6 Å². The second-order valence-corrected chi connectivity index (χ2v) is 10.1. The molecule has 3 heterocycles. The van der Waals surface area contributed by atoms with Gasteiger partial charge in [0.25, 0.3) is 11.7 Å². The molecule has 6 rings (SSSR count).